The Morgan fingerprint density at radius 2 is 2.00 bits per heavy atom. The van der Waals surface area contributed by atoms with Gasteiger partial charge in [0.15, 0.2) is 0 Å². The molecule has 0 aliphatic heterocycles. The molecule has 0 saturated carbocycles. The van der Waals surface area contributed by atoms with Crippen molar-refractivity contribution < 1.29 is 19.0 Å². The molecule has 0 aromatic heterocycles. The van der Waals surface area contributed by atoms with Gasteiger partial charge in [0.1, 0.15) is 5.75 Å². The predicted octanol–water partition coefficient (Wildman–Crippen LogP) is 1.87. The first-order chi connectivity index (χ1) is 9.79. The lowest BCUT2D eigenvalue weighted by atomic mass is 10.2. The number of amides is 1. The molecule has 1 amide bonds. The van der Waals surface area contributed by atoms with Crippen LogP contribution >= 0.6 is 0 Å². The lowest BCUT2D eigenvalue weighted by molar-refractivity contribution is 0.0688. The van der Waals surface area contributed by atoms with Gasteiger partial charge in [0.25, 0.3) is 5.91 Å². The Morgan fingerprint density at radius 1 is 1.20 bits per heavy atom. The Hall–Kier alpha value is -1.59. The summed E-state index contributed by atoms with van der Waals surface area (Å²) in [4.78, 5) is 12.0. The van der Waals surface area contributed by atoms with E-state index in [1.54, 1.807) is 19.2 Å². The van der Waals surface area contributed by atoms with Gasteiger partial charge in [-0.15, -0.1) is 0 Å². The van der Waals surface area contributed by atoms with Crippen LogP contribution < -0.4 is 10.1 Å². The number of nitrogens with one attached hydrogen (secondary N) is 1. The van der Waals surface area contributed by atoms with Crippen LogP contribution in [0, 0.1) is 0 Å². The van der Waals surface area contributed by atoms with Crippen LogP contribution in [0.25, 0.3) is 0 Å². The maximum Gasteiger partial charge on any atom is 0.255 e. The average Bonchev–Trinajstić information content (AvgIpc) is 2.47. The van der Waals surface area contributed by atoms with Crippen molar-refractivity contribution in [3.05, 3.63) is 29.8 Å². The standard InChI is InChI=1S/C15H23NO4/c1-3-20-14-8-5-4-7-13(14)15(17)16-9-6-10-19-12-11-18-2/h4-5,7-8H,3,6,9-12H2,1-2H3,(H,16,17). The molecule has 1 aromatic carbocycles. The molecule has 0 radical (unpaired) electrons. The molecule has 5 heteroatoms. The van der Waals surface area contributed by atoms with Gasteiger partial charge in [-0.25, -0.2) is 0 Å². The molecular weight excluding hydrogens is 258 g/mol. The van der Waals surface area contributed by atoms with Crippen molar-refractivity contribution in [2.75, 3.05) is 40.1 Å². The van der Waals surface area contributed by atoms with Crippen LogP contribution in [0.3, 0.4) is 0 Å². The lowest BCUT2D eigenvalue weighted by Gasteiger charge is -2.10. The summed E-state index contributed by atoms with van der Waals surface area (Å²) in [5.41, 5.74) is 0.564. The van der Waals surface area contributed by atoms with E-state index in [1.165, 1.54) is 0 Å². The summed E-state index contributed by atoms with van der Waals surface area (Å²) in [7, 11) is 1.64. The Morgan fingerprint density at radius 3 is 2.75 bits per heavy atom. The number of methoxy groups -OCH3 is 1. The van der Waals surface area contributed by atoms with E-state index in [4.69, 9.17) is 14.2 Å². The van der Waals surface area contributed by atoms with Crippen LogP contribution in [0.2, 0.25) is 0 Å². The van der Waals surface area contributed by atoms with E-state index >= 15 is 0 Å². The first kappa shape index (κ1) is 16.5. The van der Waals surface area contributed by atoms with Crippen molar-refractivity contribution in [3.63, 3.8) is 0 Å². The van der Waals surface area contributed by atoms with Crippen LogP contribution in [0.4, 0.5) is 0 Å². The molecule has 1 aromatic rings. The topological polar surface area (TPSA) is 56.8 Å². The molecule has 0 bridgehead atoms. The zero-order valence-electron chi connectivity index (χ0n) is 12.2. The van der Waals surface area contributed by atoms with Gasteiger partial charge in [0, 0.05) is 20.3 Å². The molecule has 0 saturated heterocycles. The van der Waals surface area contributed by atoms with Crippen molar-refractivity contribution in [2.45, 2.75) is 13.3 Å². The van der Waals surface area contributed by atoms with E-state index in [2.05, 4.69) is 5.32 Å². The largest absolute Gasteiger partial charge is 0.493 e. The molecule has 0 aliphatic carbocycles. The molecule has 112 valence electrons. The monoisotopic (exact) mass is 281 g/mol. The van der Waals surface area contributed by atoms with E-state index in [1.807, 2.05) is 19.1 Å². The van der Waals surface area contributed by atoms with Gasteiger partial charge in [0.2, 0.25) is 0 Å². The highest BCUT2D eigenvalue weighted by Crippen LogP contribution is 2.17. The molecule has 1 rings (SSSR count). The van der Waals surface area contributed by atoms with Gasteiger partial charge in [-0.3, -0.25) is 4.79 Å². The third kappa shape index (κ3) is 6.04. The molecule has 20 heavy (non-hydrogen) atoms. The smallest absolute Gasteiger partial charge is 0.255 e. The van der Waals surface area contributed by atoms with Crippen LogP contribution in [0.5, 0.6) is 5.75 Å². The molecule has 0 aliphatic rings. The first-order valence-electron chi connectivity index (χ1n) is 6.86. The summed E-state index contributed by atoms with van der Waals surface area (Å²) in [6.07, 6.45) is 0.770. The zero-order chi connectivity index (χ0) is 14.6. The van der Waals surface area contributed by atoms with Crippen molar-refractivity contribution in [1.29, 1.82) is 0 Å². The molecule has 5 nitrogen and oxygen atoms in total. The van der Waals surface area contributed by atoms with E-state index < -0.39 is 0 Å². The van der Waals surface area contributed by atoms with Crippen molar-refractivity contribution in [2.24, 2.45) is 0 Å². The van der Waals surface area contributed by atoms with Gasteiger partial charge in [0.05, 0.1) is 25.4 Å². The summed E-state index contributed by atoms with van der Waals surface area (Å²) in [5.74, 6) is 0.495. The second-order valence-corrected chi connectivity index (χ2v) is 4.14. The summed E-state index contributed by atoms with van der Waals surface area (Å²) < 4.78 is 15.6. The molecule has 0 heterocycles. The first-order valence-corrected chi connectivity index (χ1v) is 6.86. The molecule has 0 atom stereocenters. The van der Waals surface area contributed by atoms with Gasteiger partial charge in [-0.1, -0.05) is 12.1 Å². The third-order valence-corrected chi connectivity index (χ3v) is 2.61. The number of carbonyl (C=O) groups is 1. The van der Waals surface area contributed by atoms with E-state index in [0.29, 0.717) is 44.3 Å². The zero-order valence-corrected chi connectivity index (χ0v) is 12.2. The van der Waals surface area contributed by atoms with Crippen LogP contribution in [-0.4, -0.2) is 46.0 Å². The molecule has 0 spiro atoms. The lowest BCUT2D eigenvalue weighted by Crippen LogP contribution is -2.26. The van der Waals surface area contributed by atoms with E-state index in [-0.39, 0.29) is 5.91 Å². The number of para-hydroxylation sites is 1. The minimum Gasteiger partial charge on any atom is -0.493 e. The molecular formula is C15H23NO4. The van der Waals surface area contributed by atoms with Crippen LogP contribution in [-0.2, 0) is 9.47 Å². The second-order valence-electron chi connectivity index (χ2n) is 4.14. The fourth-order valence-electron chi connectivity index (χ4n) is 1.65. The molecule has 0 unspecified atom stereocenters. The summed E-state index contributed by atoms with van der Waals surface area (Å²) in [6.45, 7) is 4.79. The van der Waals surface area contributed by atoms with Gasteiger partial charge in [-0.2, -0.15) is 0 Å². The SMILES string of the molecule is CCOc1ccccc1C(=O)NCCCOCCOC. The number of carbonyl (C=O) groups excluding carboxylic acids is 1. The average molecular weight is 281 g/mol. The van der Waals surface area contributed by atoms with Crippen LogP contribution in [0.15, 0.2) is 24.3 Å². The Balaban J connectivity index is 2.29. The van der Waals surface area contributed by atoms with Crippen molar-refractivity contribution in [3.8, 4) is 5.75 Å². The van der Waals surface area contributed by atoms with Gasteiger partial charge >= 0.3 is 0 Å². The predicted molar refractivity (Wildman–Crippen MR) is 77.3 cm³/mol. The third-order valence-electron chi connectivity index (χ3n) is 2.61. The van der Waals surface area contributed by atoms with E-state index in [9.17, 15) is 4.79 Å². The van der Waals surface area contributed by atoms with Gasteiger partial charge < -0.3 is 19.5 Å². The molecule has 1 N–H and O–H groups in total. The number of hydrogen-bond donors (Lipinski definition) is 1. The Kier molecular flexibility index (Phi) is 8.42. The number of ether oxygens (including phenoxy) is 3. The highest BCUT2D eigenvalue weighted by molar-refractivity contribution is 5.96. The quantitative estimate of drug-likeness (QED) is 0.665. The fraction of sp³-hybridized carbons (Fsp3) is 0.533. The highest BCUT2D eigenvalue weighted by atomic mass is 16.5. The minimum atomic E-state index is -0.119. The Labute approximate surface area is 120 Å². The fourth-order valence-corrected chi connectivity index (χ4v) is 1.65. The summed E-state index contributed by atoms with van der Waals surface area (Å²) in [5, 5.41) is 2.86. The van der Waals surface area contributed by atoms with Crippen molar-refractivity contribution in [1.82, 2.24) is 5.32 Å². The van der Waals surface area contributed by atoms with Gasteiger partial charge in [-0.05, 0) is 25.5 Å². The maximum absolute atomic E-state index is 12.0. The number of benzene rings is 1. The minimum absolute atomic E-state index is 0.119. The van der Waals surface area contributed by atoms with Crippen molar-refractivity contribution >= 4 is 5.91 Å². The number of rotatable bonds is 10. The Bertz CT molecular complexity index is 395. The number of hydrogen-bond acceptors (Lipinski definition) is 4. The summed E-state index contributed by atoms with van der Waals surface area (Å²) in [6, 6.07) is 7.23. The van der Waals surface area contributed by atoms with Crippen LogP contribution in [0.1, 0.15) is 23.7 Å². The van der Waals surface area contributed by atoms with E-state index in [0.717, 1.165) is 6.42 Å². The highest BCUT2D eigenvalue weighted by Gasteiger charge is 2.10. The molecule has 0 fully saturated rings. The summed E-state index contributed by atoms with van der Waals surface area (Å²) >= 11 is 0. The maximum atomic E-state index is 12.0. The second kappa shape index (κ2) is 10.2. The normalized spacial score (nSPS) is 10.3.